The van der Waals surface area contributed by atoms with Crippen LogP contribution in [-0.2, 0) is 5.75 Å². The Balaban J connectivity index is 1.86. The standard InChI is InChI=1S/C15H13N5S/c1-10-6-11(2)18-14(13(10)7-16)21-9-12-8-20-5-3-4-17-15(20)19-12/h3-6,8H,9H2,1-2H3. The first-order chi connectivity index (χ1) is 10.2. The lowest BCUT2D eigenvalue weighted by molar-refractivity contribution is 1.03. The molecule has 3 heterocycles. The second-order valence-corrected chi connectivity index (χ2v) is 5.68. The van der Waals surface area contributed by atoms with Crippen molar-refractivity contribution in [1.82, 2.24) is 19.4 Å². The summed E-state index contributed by atoms with van der Waals surface area (Å²) in [5, 5.41) is 10.0. The minimum atomic E-state index is 0.646. The Hall–Kier alpha value is -2.39. The van der Waals surface area contributed by atoms with Crippen molar-refractivity contribution in [2.45, 2.75) is 24.6 Å². The number of nitriles is 1. The fourth-order valence-electron chi connectivity index (χ4n) is 2.13. The van der Waals surface area contributed by atoms with Crippen molar-refractivity contribution in [3.05, 3.63) is 53.2 Å². The third kappa shape index (κ3) is 2.73. The number of pyridine rings is 1. The summed E-state index contributed by atoms with van der Waals surface area (Å²) < 4.78 is 1.88. The van der Waals surface area contributed by atoms with Gasteiger partial charge < -0.3 is 0 Å². The van der Waals surface area contributed by atoms with Crippen molar-refractivity contribution in [2.24, 2.45) is 0 Å². The smallest absolute Gasteiger partial charge is 0.233 e. The predicted octanol–water partition coefficient (Wildman–Crippen LogP) is 2.91. The molecule has 0 unspecified atom stereocenters. The molecule has 0 aliphatic rings. The minimum absolute atomic E-state index is 0.646. The van der Waals surface area contributed by atoms with Crippen LogP contribution < -0.4 is 0 Å². The van der Waals surface area contributed by atoms with Gasteiger partial charge in [-0.2, -0.15) is 5.26 Å². The van der Waals surface area contributed by atoms with Gasteiger partial charge in [-0.05, 0) is 31.5 Å². The summed E-state index contributed by atoms with van der Waals surface area (Å²) in [5.74, 6) is 1.34. The van der Waals surface area contributed by atoms with Gasteiger partial charge in [0.2, 0.25) is 5.78 Å². The highest BCUT2D eigenvalue weighted by Crippen LogP contribution is 2.26. The van der Waals surface area contributed by atoms with E-state index < -0.39 is 0 Å². The summed E-state index contributed by atoms with van der Waals surface area (Å²) in [4.78, 5) is 13.1. The highest BCUT2D eigenvalue weighted by Gasteiger charge is 2.10. The van der Waals surface area contributed by atoms with Crippen LogP contribution in [0, 0.1) is 25.2 Å². The van der Waals surface area contributed by atoms with Crippen molar-refractivity contribution in [1.29, 1.82) is 5.26 Å². The molecule has 0 spiro atoms. The van der Waals surface area contributed by atoms with Gasteiger partial charge in [0.1, 0.15) is 11.1 Å². The van der Waals surface area contributed by atoms with Gasteiger partial charge in [-0.3, -0.25) is 4.40 Å². The van der Waals surface area contributed by atoms with Gasteiger partial charge in [-0.15, -0.1) is 0 Å². The highest BCUT2D eigenvalue weighted by molar-refractivity contribution is 7.98. The monoisotopic (exact) mass is 295 g/mol. The zero-order chi connectivity index (χ0) is 14.8. The van der Waals surface area contributed by atoms with E-state index >= 15 is 0 Å². The second-order valence-electron chi connectivity index (χ2n) is 4.72. The van der Waals surface area contributed by atoms with Gasteiger partial charge in [-0.1, -0.05) is 11.8 Å². The maximum absolute atomic E-state index is 9.27. The number of imidazole rings is 1. The molecule has 0 bridgehead atoms. The Morgan fingerprint density at radius 1 is 1.33 bits per heavy atom. The Labute approximate surface area is 126 Å². The third-order valence-corrected chi connectivity index (χ3v) is 4.07. The average Bonchev–Trinajstić information content (AvgIpc) is 2.87. The van der Waals surface area contributed by atoms with Crippen LogP contribution in [0.25, 0.3) is 5.78 Å². The molecule has 0 fully saturated rings. The Kier molecular flexibility index (Phi) is 3.59. The molecule has 0 saturated carbocycles. The Bertz CT molecular complexity index is 814. The molecule has 5 nitrogen and oxygen atoms in total. The molecule has 0 amide bonds. The molecular formula is C15H13N5S. The van der Waals surface area contributed by atoms with E-state index in [4.69, 9.17) is 0 Å². The van der Waals surface area contributed by atoms with Gasteiger partial charge in [0, 0.05) is 30.0 Å². The highest BCUT2D eigenvalue weighted by atomic mass is 32.2. The number of aromatic nitrogens is 4. The molecule has 0 aliphatic carbocycles. The van der Waals surface area contributed by atoms with Gasteiger partial charge in [0.05, 0.1) is 11.3 Å². The third-order valence-electron chi connectivity index (χ3n) is 3.07. The first kappa shape index (κ1) is 13.6. The van der Waals surface area contributed by atoms with Gasteiger partial charge in [0.15, 0.2) is 0 Å². The molecule has 3 aromatic rings. The molecule has 0 saturated heterocycles. The Morgan fingerprint density at radius 3 is 2.95 bits per heavy atom. The van der Waals surface area contributed by atoms with E-state index in [2.05, 4.69) is 21.0 Å². The second kappa shape index (κ2) is 5.54. The summed E-state index contributed by atoms with van der Waals surface area (Å²) in [5.41, 5.74) is 3.45. The quantitative estimate of drug-likeness (QED) is 0.695. The van der Waals surface area contributed by atoms with Crippen molar-refractivity contribution in [3.63, 3.8) is 0 Å². The van der Waals surface area contributed by atoms with Crippen molar-refractivity contribution < 1.29 is 0 Å². The van der Waals surface area contributed by atoms with Crippen LogP contribution >= 0.6 is 11.8 Å². The average molecular weight is 295 g/mol. The molecule has 104 valence electrons. The lowest BCUT2D eigenvalue weighted by Crippen LogP contribution is -1.94. The number of thioether (sulfide) groups is 1. The van der Waals surface area contributed by atoms with Gasteiger partial charge in [0.25, 0.3) is 0 Å². The maximum Gasteiger partial charge on any atom is 0.233 e. The van der Waals surface area contributed by atoms with E-state index in [9.17, 15) is 5.26 Å². The Morgan fingerprint density at radius 2 is 2.19 bits per heavy atom. The zero-order valence-electron chi connectivity index (χ0n) is 11.7. The van der Waals surface area contributed by atoms with E-state index in [-0.39, 0.29) is 0 Å². The normalized spacial score (nSPS) is 10.7. The van der Waals surface area contributed by atoms with E-state index in [1.165, 1.54) is 11.8 Å². The number of hydrogen-bond donors (Lipinski definition) is 0. The lowest BCUT2D eigenvalue weighted by atomic mass is 10.1. The van der Waals surface area contributed by atoms with Gasteiger partial charge >= 0.3 is 0 Å². The van der Waals surface area contributed by atoms with Crippen LogP contribution in [0.5, 0.6) is 0 Å². The number of hydrogen-bond acceptors (Lipinski definition) is 5. The maximum atomic E-state index is 9.27. The molecule has 6 heteroatoms. The van der Waals surface area contributed by atoms with E-state index in [1.807, 2.05) is 42.8 Å². The minimum Gasteiger partial charge on any atom is -0.291 e. The van der Waals surface area contributed by atoms with Crippen molar-refractivity contribution in [3.8, 4) is 6.07 Å². The fourth-order valence-corrected chi connectivity index (χ4v) is 3.12. The number of aryl methyl sites for hydroxylation is 2. The summed E-state index contributed by atoms with van der Waals surface area (Å²) in [6.45, 7) is 3.87. The van der Waals surface area contributed by atoms with Crippen LogP contribution in [0.4, 0.5) is 0 Å². The van der Waals surface area contributed by atoms with Crippen LogP contribution in [0.3, 0.4) is 0 Å². The summed E-state index contributed by atoms with van der Waals surface area (Å²) in [6.07, 6.45) is 5.59. The molecular weight excluding hydrogens is 282 g/mol. The van der Waals surface area contributed by atoms with E-state index in [0.717, 1.165) is 22.0 Å². The topological polar surface area (TPSA) is 66.9 Å². The van der Waals surface area contributed by atoms with Crippen molar-refractivity contribution in [2.75, 3.05) is 0 Å². The number of nitrogens with zero attached hydrogens (tertiary/aromatic N) is 5. The molecule has 0 N–H and O–H groups in total. The molecule has 0 radical (unpaired) electrons. The number of fused-ring (bicyclic) bond motifs is 1. The van der Waals surface area contributed by atoms with Crippen LogP contribution in [-0.4, -0.2) is 19.4 Å². The number of rotatable bonds is 3. The lowest BCUT2D eigenvalue weighted by Gasteiger charge is -2.06. The summed E-state index contributed by atoms with van der Waals surface area (Å²) in [6, 6.07) is 6.03. The fraction of sp³-hybridized carbons (Fsp3) is 0.200. The summed E-state index contributed by atoms with van der Waals surface area (Å²) in [7, 11) is 0. The van der Waals surface area contributed by atoms with Crippen LogP contribution in [0.2, 0.25) is 0 Å². The zero-order valence-corrected chi connectivity index (χ0v) is 12.6. The van der Waals surface area contributed by atoms with Gasteiger partial charge in [-0.25, -0.2) is 15.0 Å². The van der Waals surface area contributed by atoms with Crippen molar-refractivity contribution >= 4 is 17.5 Å². The SMILES string of the molecule is Cc1cc(C)c(C#N)c(SCc2cn3cccnc3n2)n1. The molecule has 21 heavy (non-hydrogen) atoms. The summed E-state index contributed by atoms with van der Waals surface area (Å²) >= 11 is 1.53. The molecule has 0 aromatic carbocycles. The molecule has 3 aromatic heterocycles. The van der Waals surface area contributed by atoms with Crippen LogP contribution in [0.1, 0.15) is 22.5 Å². The molecule has 0 atom stereocenters. The molecule has 3 rings (SSSR count). The first-order valence-corrected chi connectivity index (χ1v) is 7.45. The first-order valence-electron chi connectivity index (χ1n) is 6.47. The van der Waals surface area contributed by atoms with Crippen LogP contribution in [0.15, 0.2) is 35.7 Å². The molecule has 0 aliphatic heterocycles. The van der Waals surface area contributed by atoms with E-state index in [0.29, 0.717) is 17.1 Å². The predicted molar refractivity (Wildman–Crippen MR) is 81.0 cm³/mol. The largest absolute Gasteiger partial charge is 0.291 e. The van der Waals surface area contributed by atoms with E-state index in [1.54, 1.807) is 6.20 Å².